The van der Waals surface area contributed by atoms with Crippen molar-refractivity contribution in [1.29, 1.82) is 0 Å². The lowest BCUT2D eigenvalue weighted by atomic mass is 9.86. The smallest absolute Gasteiger partial charge is 0.277 e. The number of hydrogen-bond donors (Lipinski definition) is 1. The van der Waals surface area contributed by atoms with Crippen molar-refractivity contribution in [3.8, 4) is 0 Å². The third-order valence-electron chi connectivity index (χ3n) is 5.89. The molecule has 2 aromatic carbocycles. The van der Waals surface area contributed by atoms with Crippen molar-refractivity contribution in [2.24, 2.45) is 0 Å². The monoisotopic (exact) mass is 425 g/mol. The van der Waals surface area contributed by atoms with Gasteiger partial charge in [0.15, 0.2) is 0 Å². The molecule has 7 heteroatoms. The molecule has 0 spiro atoms. The molecule has 162 valence electrons. The van der Waals surface area contributed by atoms with E-state index < -0.39 is 17.2 Å². The van der Waals surface area contributed by atoms with Gasteiger partial charge in [0.25, 0.3) is 5.56 Å². The van der Waals surface area contributed by atoms with Crippen molar-refractivity contribution in [2.45, 2.75) is 51.5 Å². The predicted molar refractivity (Wildman–Crippen MR) is 115 cm³/mol. The van der Waals surface area contributed by atoms with E-state index in [2.05, 4.69) is 10.4 Å². The molecule has 4 rings (SSSR count). The third kappa shape index (κ3) is 4.22. The molecule has 0 aliphatic carbocycles. The minimum absolute atomic E-state index is 0.0232. The van der Waals surface area contributed by atoms with Crippen LogP contribution in [0.1, 0.15) is 56.2 Å². The SMILES string of the molecule is CC(C)(C)c1cc(F)c2c(=O)n(Cc3ccc(C4CCNC(=O)C4)cc3F)ncc2c1. The van der Waals surface area contributed by atoms with Gasteiger partial charge in [-0.3, -0.25) is 9.59 Å². The Kier molecular flexibility index (Phi) is 5.37. The van der Waals surface area contributed by atoms with Gasteiger partial charge in [0.05, 0.1) is 18.1 Å². The lowest BCUT2D eigenvalue weighted by molar-refractivity contribution is -0.122. The standard InChI is InChI=1S/C24H25F2N3O2/c1-24(2,3)18-8-17-12-28-29(23(31)22(17)20(26)11-18)13-16-5-4-14(9-19(16)25)15-6-7-27-21(30)10-15/h4-5,8-9,11-12,15H,6-7,10,13H2,1-3H3,(H,27,30). The van der Waals surface area contributed by atoms with Crippen molar-refractivity contribution < 1.29 is 13.6 Å². The van der Waals surface area contributed by atoms with Crippen molar-refractivity contribution in [3.63, 3.8) is 0 Å². The van der Waals surface area contributed by atoms with E-state index in [4.69, 9.17) is 0 Å². The van der Waals surface area contributed by atoms with Crippen molar-refractivity contribution in [3.05, 3.63) is 75.2 Å². The molecule has 1 fully saturated rings. The number of halogens is 2. The molecular formula is C24H25F2N3O2. The van der Waals surface area contributed by atoms with Gasteiger partial charge < -0.3 is 5.32 Å². The van der Waals surface area contributed by atoms with Gasteiger partial charge >= 0.3 is 0 Å². The highest BCUT2D eigenvalue weighted by molar-refractivity contribution is 5.82. The van der Waals surface area contributed by atoms with E-state index >= 15 is 0 Å². The van der Waals surface area contributed by atoms with Crippen LogP contribution in [0.4, 0.5) is 8.78 Å². The number of benzene rings is 2. The number of fused-ring (bicyclic) bond motifs is 1. The van der Waals surface area contributed by atoms with Gasteiger partial charge in [-0.1, -0.05) is 32.9 Å². The molecule has 2 heterocycles. The van der Waals surface area contributed by atoms with E-state index in [-0.39, 0.29) is 34.7 Å². The Bertz CT molecular complexity index is 1230. The fourth-order valence-electron chi connectivity index (χ4n) is 3.99. The molecular weight excluding hydrogens is 400 g/mol. The number of rotatable bonds is 3. The van der Waals surface area contributed by atoms with Gasteiger partial charge in [0.1, 0.15) is 11.6 Å². The summed E-state index contributed by atoms with van der Waals surface area (Å²) in [5.74, 6) is -1.13. The number of nitrogens with zero attached hydrogens (tertiary/aromatic N) is 2. The number of carbonyl (C=O) groups excluding carboxylic acids is 1. The summed E-state index contributed by atoms with van der Waals surface area (Å²) >= 11 is 0. The zero-order valence-corrected chi connectivity index (χ0v) is 17.8. The Labute approximate surface area is 179 Å². The molecule has 1 amide bonds. The molecule has 1 saturated heterocycles. The van der Waals surface area contributed by atoms with E-state index in [1.165, 1.54) is 18.3 Å². The van der Waals surface area contributed by atoms with E-state index in [1.54, 1.807) is 18.2 Å². The van der Waals surface area contributed by atoms with Crippen LogP contribution in [0.5, 0.6) is 0 Å². The van der Waals surface area contributed by atoms with Gasteiger partial charge in [-0.2, -0.15) is 5.10 Å². The number of hydrogen-bond acceptors (Lipinski definition) is 3. The summed E-state index contributed by atoms with van der Waals surface area (Å²) in [5.41, 5.74) is 0.950. The molecule has 0 radical (unpaired) electrons. The Morgan fingerprint density at radius 3 is 2.58 bits per heavy atom. The average Bonchev–Trinajstić information content (AvgIpc) is 2.70. The van der Waals surface area contributed by atoms with E-state index in [0.717, 1.165) is 22.2 Å². The maximum Gasteiger partial charge on any atom is 0.277 e. The average molecular weight is 425 g/mol. The van der Waals surface area contributed by atoms with Crippen LogP contribution in [0, 0.1) is 11.6 Å². The van der Waals surface area contributed by atoms with Crippen molar-refractivity contribution in [2.75, 3.05) is 6.54 Å². The van der Waals surface area contributed by atoms with Crippen LogP contribution in [0.25, 0.3) is 10.8 Å². The minimum Gasteiger partial charge on any atom is -0.356 e. The fourth-order valence-corrected chi connectivity index (χ4v) is 3.99. The zero-order valence-electron chi connectivity index (χ0n) is 17.8. The third-order valence-corrected chi connectivity index (χ3v) is 5.89. The first-order valence-electron chi connectivity index (χ1n) is 10.4. The molecule has 1 unspecified atom stereocenters. The first-order valence-corrected chi connectivity index (χ1v) is 10.4. The molecule has 0 saturated carbocycles. The van der Waals surface area contributed by atoms with Gasteiger partial charge in [0.2, 0.25) is 5.91 Å². The van der Waals surface area contributed by atoms with Crippen LogP contribution in [-0.4, -0.2) is 22.2 Å². The molecule has 5 nitrogen and oxygen atoms in total. The van der Waals surface area contributed by atoms with Gasteiger partial charge in [-0.25, -0.2) is 13.5 Å². The summed E-state index contributed by atoms with van der Waals surface area (Å²) in [6, 6.07) is 7.95. The highest BCUT2D eigenvalue weighted by atomic mass is 19.1. The maximum atomic E-state index is 14.8. The van der Waals surface area contributed by atoms with Crippen molar-refractivity contribution >= 4 is 16.7 Å². The van der Waals surface area contributed by atoms with Crippen LogP contribution in [0.2, 0.25) is 0 Å². The van der Waals surface area contributed by atoms with E-state index in [0.29, 0.717) is 18.4 Å². The highest BCUT2D eigenvalue weighted by Crippen LogP contribution is 2.28. The molecule has 1 aliphatic heterocycles. The number of nitrogens with one attached hydrogen (secondary N) is 1. The molecule has 1 atom stereocenters. The summed E-state index contributed by atoms with van der Waals surface area (Å²) in [6.07, 6.45) is 2.54. The molecule has 0 bridgehead atoms. The second kappa shape index (κ2) is 7.87. The lowest BCUT2D eigenvalue weighted by Crippen LogP contribution is -2.32. The van der Waals surface area contributed by atoms with Gasteiger partial charge in [-0.15, -0.1) is 0 Å². The van der Waals surface area contributed by atoms with E-state index in [1.807, 2.05) is 20.8 Å². The summed E-state index contributed by atoms with van der Waals surface area (Å²) in [6.45, 7) is 6.37. The summed E-state index contributed by atoms with van der Waals surface area (Å²) in [7, 11) is 0. The maximum absolute atomic E-state index is 14.8. The number of amides is 1. The summed E-state index contributed by atoms with van der Waals surface area (Å²) in [5, 5.41) is 7.30. The second-order valence-corrected chi connectivity index (χ2v) is 9.17. The predicted octanol–water partition coefficient (Wildman–Crippen LogP) is 4.01. The Hall–Kier alpha value is -3.09. The molecule has 31 heavy (non-hydrogen) atoms. The van der Waals surface area contributed by atoms with Crippen molar-refractivity contribution in [1.82, 2.24) is 15.1 Å². The second-order valence-electron chi connectivity index (χ2n) is 9.17. The summed E-state index contributed by atoms with van der Waals surface area (Å²) < 4.78 is 30.6. The molecule has 1 aromatic heterocycles. The quantitative estimate of drug-likeness (QED) is 0.690. The van der Waals surface area contributed by atoms with Crippen LogP contribution in [0.3, 0.4) is 0 Å². The zero-order chi connectivity index (χ0) is 22.3. The van der Waals surface area contributed by atoms with Gasteiger partial charge in [0, 0.05) is 23.9 Å². The lowest BCUT2D eigenvalue weighted by Gasteiger charge is -2.22. The largest absolute Gasteiger partial charge is 0.356 e. The molecule has 1 aliphatic rings. The number of carbonyl (C=O) groups is 1. The topological polar surface area (TPSA) is 64.0 Å². The van der Waals surface area contributed by atoms with Crippen LogP contribution in [0.15, 0.2) is 41.3 Å². The first-order chi connectivity index (χ1) is 14.6. The van der Waals surface area contributed by atoms with E-state index in [9.17, 15) is 18.4 Å². The fraction of sp³-hybridized carbons (Fsp3) is 0.375. The Morgan fingerprint density at radius 1 is 1.13 bits per heavy atom. The van der Waals surface area contributed by atoms with Gasteiger partial charge in [-0.05, 0) is 47.1 Å². The first kappa shape index (κ1) is 21.2. The number of piperidine rings is 1. The molecule has 3 aromatic rings. The summed E-state index contributed by atoms with van der Waals surface area (Å²) in [4.78, 5) is 24.5. The van der Waals surface area contributed by atoms with Crippen LogP contribution >= 0.6 is 0 Å². The van der Waals surface area contributed by atoms with Crippen LogP contribution in [-0.2, 0) is 16.8 Å². The Balaban J connectivity index is 1.65. The normalized spacial score (nSPS) is 17.1. The molecule has 1 N–H and O–H groups in total. The Morgan fingerprint density at radius 2 is 1.90 bits per heavy atom. The van der Waals surface area contributed by atoms with Crippen LogP contribution < -0.4 is 10.9 Å². The number of aromatic nitrogens is 2. The highest BCUT2D eigenvalue weighted by Gasteiger charge is 2.22. The minimum atomic E-state index is -0.602.